The Morgan fingerprint density at radius 3 is 2.70 bits per heavy atom. The lowest BCUT2D eigenvalue weighted by atomic mass is 10.2. The number of halogens is 2. The molecular formula is C14H8BrClN2OS. The standard InChI is InChI=1S/C14H8BrClN2OS/c15-13-6-5-10(20-13)7-9(8-17)14(19)18-12-4-2-1-3-11(12)16/h1-7H,(H,18,19)/b9-7+. The van der Waals surface area contributed by atoms with Gasteiger partial charge in [-0.05, 0) is 46.3 Å². The molecule has 0 spiro atoms. The van der Waals surface area contributed by atoms with Crippen molar-refractivity contribution in [2.24, 2.45) is 0 Å². The van der Waals surface area contributed by atoms with Gasteiger partial charge in [0.15, 0.2) is 0 Å². The molecule has 1 amide bonds. The first-order valence-electron chi connectivity index (χ1n) is 5.53. The van der Waals surface area contributed by atoms with Crippen LogP contribution in [0.25, 0.3) is 6.08 Å². The number of hydrogen-bond acceptors (Lipinski definition) is 3. The molecule has 2 aromatic rings. The number of carbonyl (C=O) groups excluding carboxylic acids is 1. The van der Waals surface area contributed by atoms with Crippen molar-refractivity contribution in [3.05, 3.63) is 55.7 Å². The molecule has 0 atom stereocenters. The van der Waals surface area contributed by atoms with Crippen LogP contribution < -0.4 is 5.32 Å². The van der Waals surface area contributed by atoms with E-state index in [1.807, 2.05) is 18.2 Å². The van der Waals surface area contributed by atoms with Gasteiger partial charge in [0.05, 0.1) is 14.5 Å². The number of nitriles is 1. The summed E-state index contributed by atoms with van der Waals surface area (Å²) in [5.74, 6) is -0.481. The molecule has 0 saturated heterocycles. The van der Waals surface area contributed by atoms with E-state index in [4.69, 9.17) is 16.9 Å². The summed E-state index contributed by atoms with van der Waals surface area (Å²) in [6.07, 6.45) is 1.54. The van der Waals surface area contributed by atoms with Gasteiger partial charge in [-0.2, -0.15) is 5.26 Å². The molecule has 0 radical (unpaired) electrons. The molecule has 1 N–H and O–H groups in total. The van der Waals surface area contributed by atoms with E-state index >= 15 is 0 Å². The molecule has 0 unspecified atom stereocenters. The van der Waals surface area contributed by atoms with E-state index in [-0.39, 0.29) is 5.57 Å². The molecule has 20 heavy (non-hydrogen) atoms. The van der Waals surface area contributed by atoms with Gasteiger partial charge in [-0.25, -0.2) is 0 Å². The normalized spacial score (nSPS) is 10.9. The van der Waals surface area contributed by atoms with Crippen LogP contribution in [-0.4, -0.2) is 5.91 Å². The highest BCUT2D eigenvalue weighted by Crippen LogP contribution is 2.25. The minimum absolute atomic E-state index is 0.0271. The molecule has 6 heteroatoms. The van der Waals surface area contributed by atoms with E-state index in [9.17, 15) is 4.79 Å². The second kappa shape index (κ2) is 6.71. The molecule has 1 heterocycles. The van der Waals surface area contributed by atoms with E-state index in [1.54, 1.807) is 30.3 Å². The highest BCUT2D eigenvalue weighted by atomic mass is 79.9. The summed E-state index contributed by atoms with van der Waals surface area (Å²) in [6, 6.07) is 12.5. The van der Waals surface area contributed by atoms with Gasteiger partial charge in [0, 0.05) is 4.88 Å². The molecule has 1 aromatic carbocycles. The number of nitrogens with one attached hydrogen (secondary N) is 1. The summed E-state index contributed by atoms with van der Waals surface area (Å²) in [5, 5.41) is 12.1. The minimum Gasteiger partial charge on any atom is -0.320 e. The molecule has 2 rings (SSSR count). The zero-order valence-corrected chi connectivity index (χ0v) is 13.2. The van der Waals surface area contributed by atoms with E-state index in [2.05, 4.69) is 21.2 Å². The summed E-state index contributed by atoms with van der Waals surface area (Å²) in [5.41, 5.74) is 0.506. The van der Waals surface area contributed by atoms with Crippen LogP contribution in [0.5, 0.6) is 0 Å². The Kier molecular flexibility index (Phi) is 4.96. The number of amides is 1. The molecule has 0 aliphatic heterocycles. The van der Waals surface area contributed by atoms with Crippen LogP contribution in [0.2, 0.25) is 5.02 Å². The zero-order valence-electron chi connectivity index (χ0n) is 10.1. The van der Waals surface area contributed by atoms with Crippen LogP contribution in [0.15, 0.2) is 45.8 Å². The number of hydrogen-bond donors (Lipinski definition) is 1. The summed E-state index contributed by atoms with van der Waals surface area (Å²) >= 11 is 10.7. The van der Waals surface area contributed by atoms with E-state index < -0.39 is 5.91 Å². The van der Waals surface area contributed by atoms with Gasteiger partial charge >= 0.3 is 0 Å². The average Bonchev–Trinajstić information content (AvgIpc) is 2.84. The topological polar surface area (TPSA) is 52.9 Å². The van der Waals surface area contributed by atoms with Crippen molar-refractivity contribution >= 4 is 56.5 Å². The van der Waals surface area contributed by atoms with Gasteiger partial charge in [-0.15, -0.1) is 11.3 Å². The van der Waals surface area contributed by atoms with Gasteiger partial charge in [-0.1, -0.05) is 23.7 Å². The monoisotopic (exact) mass is 366 g/mol. The molecule has 0 aliphatic carbocycles. The van der Waals surface area contributed by atoms with Crippen molar-refractivity contribution in [3.8, 4) is 6.07 Å². The van der Waals surface area contributed by atoms with E-state index in [1.165, 1.54) is 11.3 Å². The van der Waals surface area contributed by atoms with Crippen molar-refractivity contribution in [2.75, 3.05) is 5.32 Å². The van der Waals surface area contributed by atoms with Crippen molar-refractivity contribution in [2.45, 2.75) is 0 Å². The largest absolute Gasteiger partial charge is 0.320 e. The molecule has 1 aromatic heterocycles. The van der Waals surface area contributed by atoms with Crippen LogP contribution in [0.1, 0.15) is 4.88 Å². The van der Waals surface area contributed by atoms with Crippen molar-refractivity contribution < 1.29 is 4.79 Å². The number of anilines is 1. The summed E-state index contributed by atoms with van der Waals surface area (Å²) in [7, 11) is 0. The first-order chi connectivity index (χ1) is 9.60. The quantitative estimate of drug-likeness (QED) is 0.631. The van der Waals surface area contributed by atoms with Crippen LogP contribution in [0.4, 0.5) is 5.69 Å². The SMILES string of the molecule is N#C/C(=C\c1ccc(Br)s1)C(=O)Nc1ccccc1Cl. The second-order valence-corrected chi connectivity index (χ2v) is 6.65. The number of benzene rings is 1. The third-order valence-corrected chi connectivity index (χ3v) is 4.27. The fraction of sp³-hybridized carbons (Fsp3) is 0. The minimum atomic E-state index is -0.481. The van der Waals surface area contributed by atoms with E-state index in [0.717, 1.165) is 8.66 Å². The number of para-hydroxylation sites is 1. The van der Waals surface area contributed by atoms with Crippen LogP contribution in [0.3, 0.4) is 0 Å². The summed E-state index contributed by atoms with van der Waals surface area (Å²) in [4.78, 5) is 12.9. The second-order valence-electron chi connectivity index (χ2n) is 3.75. The number of thiophene rings is 1. The predicted molar refractivity (Wildman–Crippen MR) is 85.7 cm³/mol. The molecule has 0 saturated carbocycles. The van der Waals surface area contributed by atoms with Crippen molar-refractivity contribution in [1.29, 1.82) is 5.26 Å². The molecular weight excluding hydrogens is 360 g/mol. The Morgan fingerprint density at radius 2 is 2.10 bits per heavy atom. The number of nitrogens with zero attached hydrogens (tertiary/aromatic N) is 1. The smallest absolute Gasteiger partial charge is 0.266 e. The van der Waals surface area contributed by atoms with Crippen molar-refractivity contribution in [3.63, 3.8) is 0 Å². The lowest BCUT2D eigenvalue weighted by Crippen LogP contribution is -2.13. The fourth-order valence-corrected chi connectivity index (χ4v) is 3.00. The maximum atomic E-state index is 12.0. The van der Waals surface area contributed by atoms with Gasteiger partial charge in [0.1, 0.15) is 11.6 Å². The van der Waals surface area contributed by atoms with Crippen molar-refractivity contribution in [1.82, 2.24) is 0 Å². The summed E-state index contributed by atoms with van der Waals surface area (Å²) in [6.45, 7) is 0. The lowest BCUT2D eigenvalue weighted by molar-refractivity contribution is -0.112. The zero-order chi connectivity index (χ0) is 14.5. The molecule has 100 valence electrons. The average molecular weight is 368 g/mol. The van der Waals surface area contributed by atoms with Crippen LogP contribution >= 0.6 is 38.9 Å². The Morgan fingerprint density at radius 1 is 1.35 bits per heavy atom. The third-order valence-electron chi connectivity index (χ3n) is 2.37. The molecule has 3 nitrogen and oxygen atoms in total. The third kappa shape index (κ3) is 3.70. The van der Waals surface area contributed by atoms with Crippen LogP contribution in [0, 0.1) is 11.3 Å². The van der Waals surface area contributed by atoms with Gasteiger partial charge < -0.3 is 5.32 Å². The first kappa shape index (κ1) is 14.8. The number of carbonyl (C=O) groups is 1. The lowest BCUT2D eigenvalue weighted by Gasteiger charge is -2.05. The van der Waals surface area contributed by atoms with Gasteiger partial charge in [0.25, 0.3) is 5.91 Å². The Labute approximate surface area is 133 Å². The molecule has 0 aliphatic rings. The Bertz CT molecular complexity index is 718. The number of rotatable bonds is 3. The Balaban J connectivity index is 2.21. The van der Waals surface area contributed by atoms with E-state index in [0.29, 0.717) is 10.7 Å². The fourth-order valence-electron chi connectivity index (χ4n) is 1.45. The highest BCUT2D eigenvalue weighted by Gasteiger charge is 2.11. The van der Waals surface area contributed by atoms with Crippen LogP contribution in [-0.2, 0) is 4.79 Å². The maximum Gasteiger partial charge on any atom is 0.266 e. The molecule has 0 bridgehead atoms. The summed E-state index contributed by atoms with van der Waals surface area (Å²) < 4.78 is 0.938. The Hall–Kier alpha value is -1.61. The maximum absolute atomic E-state index is 12.0. The molecule has 0 fully saturated rings. The first-order valence-corrected chi connectivity index (χ1v) is 7.52. The van der Waals surface area contributed by atoms with Gasteiger partial charge in [-0.3, -0.25) is 4.79 Å². The van der Waals surface area contributed by atoms with Gasteiger partial charge in [0.2, 0.25) is 0 Å². The predicted octanol–water partition coefficient (Wildman–Crippen LogP) is 4.71. The highest BCUT2D eigenvalue weighted by molar-refractivity contribution is 9.11.